The van der Waals surface area contributed by atoms with Crippen LogP contribution < -0.4 is 19.5 Å². The minimum absolute atomic E-state index is 0.0778. The lowest BCUT2D eigenvalue weighted by Gasteiger charge is -2.31. The largest absolute Gasteiger partial charge is 0.494 e. The van der Waals surface area contributed by atoms with Crippen molar-refractivity contribution >= 4 is 28.3 Å². The van der Waals surface area contributed by atoms with Crippen LogP contribution in [0.4, 0.5) is 15.9 Å². The minimum Gasteiger partial charge on any atom is -0.494 e. The first kappa shape index (κ1) is 25.1. The standard InChI is InChI=1S/C28H27FN4O5/c1-4-27(34)33-9-7-17(8-10-33)38-26-13-19-21(15-25(26)36-3)30-16-31-28(19)32-22-12-18(23-6-5-11-37-23)20(29)14-24(22)35-2/h4-6,11-17H,1,7-10H2,2-3H3,(H,30,31,32). The molecule has 0 aliphatic carbocycles. The van der Waals surface area contributed by atoms with E-state index in [-0.39, 0.29) is 17.6 Å². The first-order valence-electron chi connectivity index (χ1n) is 12.1. The first-order chi connectivity index (χ1) is 18.5. The van der Waals surface area contributed by atoms with Crippen LogP contribution in [0.2, 0.25) is 0 Å². The molecule has 0 unspecified atom stereocenters. The number of nitrogens with zero attached hydrogens (tertiary/aromatic N) is 3. The lowest BCUT2D eigenvalue weighted by Crippen LogP contribution is -2.41. The second-order valence-corrected chi connectivity index (χ2v) is 8.72. The maximum atomic E-state index is 14.8. The summed E-state index contributed by atoms with van der Waals surface area (Å²) in [5, 5.41) is 3.93. The Bertz CT molecular complexity index is 1470. The molecule has 0 atom stereocenters. The Hall–Kier alpha value is -4.60. The van der Waals surface area contributed by atoms with Crippen LogP contribution in [-0.4, -0.2) is 54.2 Å². The molecule has 0 bridgehead atoms. The highest BCUT2D eigenvalue weighted by Crippen LogP contribution is 2.39. The summed E-state index contributed by atoms with van der Waals surface area (Å²) in [5.74, 6) is 1.68. The van der Waals surface area contributed by atoms with Crippen molar-refractivity contribution in [3.8, 4) is 28.6 Å². The van der Waals surface area contributed by atoms with Gasteiger partial charge in [-0.25, -0.2) is 14.4 Å². The topological polar surface area (TPSA) is 99.0 Å². The second kappa shape index (κ2) is 10.8. The molecule has 9 nitrogen and oxygen atoms in total. The predicted molar refractivity (Wildman–Crippen MR) is 140 cm³/mol. The third kappa shape index (κ3) is 4.97. The lowest BCUT2D eigenvalue weighted by molar-refractivity contribution is -0.127. The quantitative estimate of drug-likeness (QED) is 0.312. The van der Waals surface area contributed by atoms with Gasteiger partial charge in [-0.3, -0.25) is 4.79 Å². The number of anilines is 2. The van der Waals surface area contributed by atoms with E-state index in [0.717, 1.165) is 0 Å². The van der Waals surface area contributed by atoms with Gasteiger partial charge in [0.25, 0.3) is 0 Å². The first-order valence-corrected chi connectivity index (χ1v) is 12.1. The molecule has 1 amide bonds. The van der Waals surface area contributed by atoms with E-state index >= 15 is 0 Å². The Morgan fingerprint density at radius 3 is 2.61 bits per heavy atom. The molecule has 10 heteroatoms. The SMILES string of the molecule is C=CC(=O)N1CCC(Oc2cc3c(Nc4cc(-c5ccco5)c(F)cc4OC)ncnc3cc2OC)CC1. The minimum atomic E-state index is -0.476. The third-order valence-corrected chi connectivity index (χ3v) is 6.47. The van der Waals surface area contributed by atoms with Crippen molar-refractivity contribution in [1.29, 1.82) is 0 Å². The maximum Gasteiger partial charge on any atom is 0.245 e. The van der Waals surface area contributed by atoms with Gasteiger partial charge in [0.05, 0.1) is 37.3 Å². The fourth-order valence-corrected chi connectivity index (χ4v) is 4.49. The summed E-state index contributed by atoms with van der Waals surface area (Å²) in [6.07, 6.45) is 5.51. The smallest absolute Gasteiger partial charge is 0.245 e. The number of amides is 1. The number of furan rings is 1. The molecule has 2 aromatic carbocycles. The molecule has 38 heavy (non-hydrogen) atoms. The Morgan fingerprint density at radius 2 is 1.92 bits per heavy atom. The number of aromatic nitrogens is 2. The number of benzene rings is 2. The summed E-state index contributed by atoms with van der Waals surface area (Å²) >= 11 is 0. The van der Waals surface area contributed by atoms with E-state index in [2.05, 4.69) is 21.9 Å². The summed E-state index contributed by atoms with van der Waals surface area (Å²) in [5.41, 5.74) is 1.41. The molecule has 1 fully saturated rings. The van der Waals surface area contributed by atoms with Gasteiger partial charge >= 0.3 is 0 Å². The highest BCUT2D eigenvalue weighted by Gasteiger charge is 2.24. The molecule has 4 aromatic rings. The third-order valence-electron chi connectivity index (χ3n) is 6.47. The average Bonchev–Trinajstić information content (AvgIpc) is 3.48. The second-order valence-electron chi connectivity index (χ2n) is 8.72. The zero-order valence-corrected chi connectivity index (χ0v) is 21.1. The van der Waals surface area contributed by atoms with Crippen molar-refractivity contribution in [2.45, 2.75) is 18.9 Å². The van der Waals surface area contributed by atoms with Crippen LogP contribution in [0.3, 0.4) is 0 Å². The molecule has 5 rings (SSSR count). The molecule has 1 aliphatic rings. The Kier molecular flexibility index (Phi) is 7.12. The number of halogens is 1. The molecule has 1 saturated heterocycles. The van der Waals surface area contributed by atoms with E-state index in [0.29, 0.717) is 71.3 Å². The van der Waals surface area contributed by atoms with E-state index in [9.17, 15) is 9.18 Å². The molecular formula is C28H27FN4O5. The lowest BCUT2D eigenvalue weighted by atomic mass is 10.1. The van der Waals surface area contributed by atoms with Crippen LogP contribution in [0.5, 0.6) is 17.2 Å². The van der Waals surface area contributed by atoms with E-state index in [1.165, 1.54) is 31.8 Å². The van der Waals surface area contributed by atoms with Crippen LogP contribution in [0, 0.1) is 5.82 Å². The van der Waals surface area contributed by atoms with Crippen molar-refractivity contribution in [3.05, 3.63) is 67.5 Å². The van der Waals surface area contributed by atoms with Gasteiger partial charge in [0, 0.05) is 43.5 Å². The van der Waals surface area contributed by atoms with Crippen molar-refractivity contribution in [3.63, 3.8) is 0 Å². The van der Waals surface area contributed by atoms with E-state index < -0.39 is 5.82 Å². The highest BCUT2D eigenvalue weighted by atomic mass is 19.1. The van der Waals surface area contributed by atoms with Crippen molar-refractivity contribution in [2.75, 3.05) is 32.6 Å². The van der Waals surface area contributed by atoms with E-state index in [1.54, 1.807) is 36.3 Å². The number of carbonyl (C=O) groups excluding carboxylic acids is 1. The fraction of sp³-hybridized carbons (Fsp3) is 0.250. The number of likely N-dealkylation sites (tertiary alicyclic amines) is 1. The van der Waals surface area contributed by atoms with Crippen LogP contribution in [-0.2, 0) is 4.79 Å². The number of nitrogens with one attached hydrogen (secondary N) is 1. The summed E-state index contributed by atoms with van der Waals surface area (Å²) in [6.45, 7) is 4.73. The van der Waals surface area contributed by atoms with Gasteiger partial charge in [-0.15, -0.1) is 0 Å². The fourth-order valence-electron chi connectivity index (χ4n) is 4.49. The molecule has 0 radical (unpaired) electrons. The number of methoxy groups -OCH3 is 2. The molecule has 0 saturated carbocycles. The Balaban J connectivity index is 1.47. The average molecular weight is 519 g/mol. The summed E-state index contributed by atoms with van der Waals surface area (Å²) in [6, 6.07) is 9.89. The van der Waals surface area contributed by atoms with Crippen molar-refractivity contribution in [1.82, 2.24) is 14.9 Å². The summed E-state index contributed by atoms with van der Waals surface area (Å²) in [7, 11) is 3.04. The molecule has 3 heterocycles. The van der Waals surface area contributed by atoms with Gasteiger partial charge in [0.15, 0.2) is 11.5 Å². The number of fused-ring (bicyclic) bond motifs is 1. The normalized spacial score (nSPS) is 13.8. The highest BCUT2D eigenvalue weighted by molar-refractivity contribution is 5.94. The monoisotopic (exact) mass is 518 g/mol. The van der Waals surface area contributed by atoms with Gasteiger partial charge < -0.3 is 28.8 Å². The van der Waals surface area contributed by atoms with Gasteiger partial charge in [-0.1, -0.05) is 6.58 Å². The summed E-state index contributed by atoms with van der Waals surface area (Å²) < 4.78 is 37.5. The Morgan fingerprint density at radius 1 is 1.13 bits per heavy atom. The zero-order valence-electron chi connectivity index (χ0n) is 21.1. The number of ether oxygens (including phenoxy) is 3. The molecular weight excluding hydrogens is 491 g/mol. The summed E-state index contributed by atoms with van der Waals surface area (Å²) in [4.78, 5) is 22.5. The maximum absolute atomic E-state index is 14.8. The molecule has 1 aliphatic heterocycles. The predicted octanol–water partition coefficient (Wildman–Crippen LogP) is 5.35. The molecule has 196 valence electrons. The van der Waals surface area contributed by atoms with Crippen LogP contribution >= 0.6 is 0 Å². The van der Waals surface area contributed by atoms with Gasteiger partial charge in [0.1, 0.15) is 35.6 Å². The van der Waals surface area contributed by atoms with Crippen LogP contribution in [0.15, 0.2) is 66.1 Å². The van der Waals surface area contributed by atoms with Crippen LogP contribution in [0.1, 0.15) is 12.8 Å². The van der Waals surface area contributed by atoms with E-state index in [1.807, 2.05) is 6.07 Å². The number of piperidine rings is 1. The number of hydrogen-bond acceptors (Lipinski definition) is 8. The zero-order chi connectivity index (χ0) is 26.6. The van der Waals surface area contributed by atoms with E-state index in [4.69, 9.17) is 18.6 Å². The van der Waals surface area contributed by atoms with Gasteiger partial charge in [-0.05, 0) is 30.3 Å². The number of rotatable bonds is 8. The van der Waals surface area contributed by atoms with Crippen molar-refractivity contribution in [2.24, 2.45) is 0 Å². The number of carbonyl (C=O) groups is 1. The van der Waals surface area contributed by atoms with Crippen LogP contribution in [0.25, 0.3) is 22.2 Å². The molecule has 0 spiro atoms. The van der Waals surface area contributed by atoms with Gasteiger partial charge in [-0.2, -0.15) is 0 Å². The van der Waals surface area contributed by atoms with Gasteiger partial charge in [0.2, 0.25) is 5.91 Å². The molecule has 2 aromatic heterocycles. The van der Waals surface area contributed by atoms with Crippen molar-refractivity contribution < 1.29 is 27.8 Å². The molecule has 1 N–H and O–H groups in total. The number of hydrogen-bond donors (Lipinski definition) is 1. The Labute approximate surface area is 218 Å².